The molecule has 0 spiro atoms. The second kappa shape index (κ2) is 6.67. The van der Waals surface area contributed by atoms with Crippen LogP contribution in [0.15, 0.2) is 24.4 Å². The quantitative estimate of drug-likeness (QED) is 0.724. The monoisotopic (exact) mass is 334 g/mol. The highest BCUT2D eigenvalue weighted by molar-refractivity contribution is 5.93. The van der Waals surface area contributed by atoms with Crippen LogP contribution in [0.2, 0.25) is 0 Å². The molecule has 2 aromatic rings. The molecule has 0 bridgehead atoms. The molecule has 1 aromatic carbocycles. The van der Waals surface area contributed by atoms with Crippen molar-refractivity contribution in [2.45, 2.75) is 0 Å². The number of hydrogen-bond acceptors (Lipinski definition) is 7. The van der Waals surface area contributed by atoms with E-state index < -0.39 is 17.5 Å². The summed E-state index contributed by atoms with van der Waals surface area (Å²) in [6.07, 6.45) is 1.03. The first-order valence-electron chi connectivity index (χ1n) is 7.24. The lowest BCUT2D eigenvalue weighted by molar-refractivity contribution is 0.0694. The first-order chi connectivity index (χ1) is 11.6. The van der Waals surface area contributed by atoms with Crippen molar-refractivity contribution >= 4 is 23.4 Å². The van der Waals surface area contributed by atoms with Gasteiger partial charge in [0.05, 0.1) is 25.1 Å². The zero-order chi connectivity index (χ0) is 17.1. The van der Waals surface area contributed by atoms with Crippen LogP contribution < -0.4 is 10.2 Å². The number of aromatic carboxylic acids is 1. The van der Waals surface area contributed by atoms with E-state index in [1.54, 1.807) is 4.90 Å². The molecule has 0 atom stereocenters. The summed E-state index contributed by atoms with van der Waals surface area (Å²) in [5.41, 5.74) is -0.134. The third-order valence-electron chi connectivity index (χ3n) is 3.55. The standard InChI is InChI=1S/C15H15FN4O4/c16-10-8-17-15(19-13(10)20-4-6-24-7-5-20)18-11-3-1-2-9(12(11)21)14(22)23/h1-3,8,21H,4-7H2,(H,22,23)(H,17,18,19). The van der Waals surface area contributed by atoms with Gasteiger partial charge in [-0.25, -0.2) is 14.2 Å². The molecule has 0 radical (unpaired) electrons. The molecule has 1 fully saturated rings. The Hall–Kier alpha value is -2.94. The molecule has 0 unspecified atom stereocenters. The number of aromatic hydroxyl groups is 1. The van der Waals surface area contributed by atoms with E-state index in [2.05, 4.69) is 15.3 Å². The summed E-state index contributed by atoms with van der Waals surface area (Å²) < 4.78 is 19.2. The summed E-state index contributed by atoms with van der Waals surface area (Å²) in [5, 5.41) is 21.7. The number of nitrogens with zero attached hydrogens (tertiary/aromatic N) is 3. The van der Waals surface area contributed by atoms with Crippen molar-refractivity contribution in [1.82, 2.24) is 9.97 Å². The van der Waals surface area contributed by atoms with Gasteiger partial charge in [0.25, 0.3) is 0 Å². The number of hydrogen-bond donors (Lipinski definition) is 3. The van der Waals surface area contributed by atoms with E-state index in [9.17, 15) is 14.3 Å². The third-order valence-corrected chi connectivity index (χ3v) is 3.55. The largest absolute Gasteiger partial charge is 0.505 e. The van der Waals surface area contributed by atoms with E-state index in [0.29, 0.717) is 26.3 Å². The van der Waals surface area contributed by atoms with E-state index >= 15 is 0 Å². The van der Waals surface area contributed by atoms with Gasteiger partial charge in [0.2, 0.25) is 5.95 Å². The summed E-state index contributed by atoms with van der Waals surface area (Å²) in [7, 11) is 0. The van der Waals surface area contributed by atoms with Crippen LogP contribution in [-0.2, 0) is 4.74 Å². The molecular formula is C15H15FN4O4. The maximum atomic E-state index is 14.0. The number of rotatable bonds is 4. The lowest BCUT2D eigenvalue weighted by atomic mass is 10.1. The molecule has 1 aromatic heterocycles. The first kappa shape index (κ1) is 15.9. The number of halogens is 1. The topological polar surface area (TPSA) is 108 Å². The highest BCUT2D eigenvalue weighted by Gasteiger charge is 2.19. The number of morpholine rings is 1. The molecule has 0 amide bonds. The third kappa shape index (κ3) is 3.20. The van der Waals surface area contributed by atoms with Crippen LogP contribution in [0.1, 0.15) is 10.4 Å². The average molecular weight is 334 g/mol. The molecule has 3 rings (SSSR count). The molecule has 9 heteroatoms. The Bertz CT molecular complexity index is 765. The van der Waals surface area contributed by atoms with Gasteiger partial charge in [-0.05, 0) is 12.1 Å². The second-order valence-electron chi connectivity index (χ2n) is 5.10. The van der Waals surface area contributed by atoms with Crippen LogP contribution in [0, 0.1) is 5.82 Å². The highest BCUT2D eigenvalue weighted by Crippen LogP contribution is 2.30. The van der Waals surface area contributed by atoms with Crippen molar-refractivity contribution in [1.29, 1.82) is 0 Å². The number of benzene rings is 1. The molecule has 0 aliphatic carbocycles. The van der Waals surface area contributed by atoms with Crippen molar-refractivity contribution in [2.24, 2.45) is 0 Å². The maximum Gasteiger partial charge on any atom is 0.339 e. The minimum Gasteiger partial charge on any atom is -0.505 e. The molecule has 1 aliphatic rings. The van der Waals surface area contributed by atoms with E-state index in [1.807, 2.05) is 0 Å². The summed E-state index contributed by atoms with van der Waals surface area (Å²) in [6.45, 7) is 1.97. The summed E-state index contributed by atoms with van der Waals surface area (Å²) >= 11 is 0. The van der Waals surface area contributed by atoms with Gasteiger partial charge in [-0.3, -0.25) is 0 Å². The number of aromatic nitrogens is 2. The van der Waals surface area contributed by atoms with Crippen molar-refractivity contribution in [3.63, 3.8) is 0 Å². The molecule has 1 saturated heterocycles. The van der Waals surface area contributed by atoms with E-state index in [0.717, 1.165) is 6.20 Å². The average Bonchev–Trinajstić information content (AvgIpc) is 2.59. The number of phenols is 1. The predicted molar refractivity (Wildman–Crippen MR) is 83.4 cm³/mol. The maximum absolute atomic E-state index is 14.0. The molecular weight excluding hydrogens is 319 g/mol. The molecule has 3 N–H and O–H groups in total. The fourth-order valence-corrected chi connectivity index (χ4v) is 2.35. The molecule has 1 aliphatic heterocycles. The van der Waals surface area contributed by atoms with Crippen LogP contribution in [0.3, 0.4) is 0 Å². The van der Waals surface area contributed by atoms with E-state index in [4.69, 9.17) is 9.84 Å². The van der Waals surface area contributed by atoms with Crippen LogP contribution in [-0.4, -0.2) is 52.5 Å². The molecule has 24 heavy (non-hydrogen) atoms. The van der Waals surface area contributed by atoms with Crippen molar-refractivity contribution in [2.75, 3.05) is 36.5 Å². The number of para-hydroxylation sites is 1. The number of anilines is 3. The zero-order valence-corrected chi connectivity index (χ0v) is 12.6. The Kier molecular flexibility index (Phi) is 4.43. The van der Waals surface area contributed by atoms with Gasteiger partial charge >= 0.3 is 5.97 Å². The smallest absolute Gasteiger partial charge is 0.339 e. The van der Waals surface area contributed by atoms with Crippen molar-refractivity contribution in [3.8, 4) is 5.75 Å². The Morgan fingerprint density at radius 2 is 2.08 bits per heavy atom. The van der Waals surface area contributed by atoms with E-state index in [-0.39, 0.29) is 23.0 Å². The fraction of sp³-hybridized carbons (Fsp3) is 0.267. The first-order valence-corrected chi connectivity index (χ1v) is 7.24. The minimum absolute atomic E-state index is 0.0516. The lowest BCUT2D eigenvalue weighted by Crippen LogP contribution is -2.37. The van der Waals surface area contributed by atoms with E-state index in [1.165, 1.54) is 18.2 Å². The van der Waals surface area contributed by atoms with Gasteiger partial charge in [-0.2, -0.15) is 4.98 Å². The summed E-state index contributed by atoms with van der Waals surface area (Å²) in [4.78, 5) is 20.7. The van der Waals surface area contributed by atoms with Gasteiger partial charge in [-0.1, -0.05) is 6.07 Å². The Morgan fingerprint density at radius 3 is 2.79 bits per heavy atom. The molecule has 126 valence electrons. The fourth-order valence-electron chi connectivity index (χ4n) is 2.35. The normalized spacial score (nSPS) is 14.5. The van der Waals surface area contributed by atoms with Crippen LogP contribution in [0.25, 0.3) is 0 Å². The Labute approximate surface area is 136 Å². The lowest BCUT2D eigenvalue weighted by Gasteiger charge is -2.28. The number of carbonyl (C=O) groups is 1. The Balaban J connectivity index is 1.88. The number of carboxylic acid groups (broad SMARTS) is 1. The number of carboxylic acids is 1. The number of ether oxygens (including phenoxy) is 1. The highest BCUT2D eigenvalue weighted by atomic mass is 19.1. The van der Waals surface area contributed by atoms with Gasteiger partial charge < -0.3 is 25.2 Å². The van der Waals surface area contributed by atoms with Gasteiger partial charge in [0.1, 0.15) is 5.56 Å². The van der Waals surface area contributed by atoms with Gasteiger partial charge in [0.15, 0.2) is 17.4 Å². The Morgan fingerprint density at radius 1 is 1.33 bits per heavy atom. The molecule has 8 nitrogen and oxygen atoms in total. The summed E-state index contributed by atoms with van der Waals surface area (Å²) in [5.74, 6) is -2.08. The van der Waals surface area contributed by atoms with Crippen LogP contribution >= 0.6 is 0 Å². The zero-order valence-electron chi connectivity index (χ0n) is 12.6. The second-order valence-corrected chi connectivity index (χ2v) is 5.10. The molecule has 0 saturated carbocycles. The SMILES string of the molecule is O=C(O)c1cccc(Nc2ncc(F)c(N3CCOCC3)n2)c1O. The van der Waals surface area contributed by atoms with Gasteiger partial charge in [-0.15, -0.1) is 0 Å². The molecule has 2 heterocycles. The number of nitrogens with one attached hydrogen (secondary N) is 1. The van der Waals surface area contributed by atoms with Crippen molar-refractivity contribution < 1.29 is 24.1 Å². The summed E-state index contributed by atoms with van der Waals surface area (Å²) in [6, 6.07) is 4.22. The van der Waals surface area contributed by atoms with Crippen molar-refractivity contribution in [3.05, 3.63) is 35.8 Å². The van der Waals surface area contributed by atoms with Gasteiger partial charge in [0, 0.05) is 13.1 Å². The van der Waals surface area contributed by atoms with Crippen LogP contribution in [0.4, 0.5) is 21.8 Å². The van der Waals surface area contributed by atoms with Crippen LogP contribution in [0.5, 0.6) is 5.75 Å². The predicted octanol–water partition coefficient (Wildman–Crippen LogP) is 1.60. The minimum atomic E-state index is -1.26.